The van der Waals surface area contributed by atoms with Crippen LogP contribution in [0.15, 0.2) is 0 Å². The van der Waals surface area contributed by atoms with E-state index in [0.29, 0.717) is 17.8 Å². The summed E-state index contributed by atoms with van der Waals surface area (Å²) < 4.78 is 0. The molecule has 1 aromatic heterocycles. The highest BCUT2D eigenvalue weighted by molar-refractivity contribution is 6.28. The van der Waals surface area contributed by atoms with Crippen LogP contribution in [0.25, 0.3) is 0 Å². The largest absolute Gasteiger partial charge is 0.396 e. The van der Waals surface area contributed by atoms with Gasteiger partial charge in [0.1, 0.15) is 0 Å². The van der Waals surface area contributed by atoms with Gasteiger partial charge < -0.3 is 15.7 Å². The van der Waals surface area contributed by atoms with Crippen molar-refractivity contribution >= 4 is 23.5 Å². The van der Waals surface area contributed by atoms with Crippen LogP contribution in [0, 0.1) is 5.92 Å². The van der Waals surface area contributed by atoms with E-state index in [1.165, 1.54) is 0 Å². The maximum Gasteiger partial charge on any atom is 0.228 e. The van der Waals surface area contributed by atoms with E-state index in [2.05, 4.69) is 25.6 Å². The third kappa shape index (κ3) is 5.14. The first-order valence-electron chi connectivity index (χ1n) is 5.59. The fraction of sp³-hybridized carbons (Fsp3) is 0.700. The minimum Gasteiger partial charge on any atom is -0.396 e. The Balaban J connectivity index is 2.38. The second-order valence-electron chi connectivity index (χ2n) is 3.86. The number of nitrogens with one attached hydrogen (secondary N) is 2. The molecule has 0 bridgehead atoms. The van der Waals surface area contributed by atoms with Crippen molar-refractivity contribution in [3.8, 4) is 0 Å². The number of aliphatic hydroxyl groups excluding tert-OH is 1. The zero-order valence-corrected chi connectivity index (χ0v) is 10.8. The highest BCUT2D eigenvalue weighted by atomic mass is 35.5. The van der Waals surface area contributed by atoms with Gasteiger partial charge in [-0.1, -0.05) is 6.92 Å². The third-order valence-corrected chi connectivity index (χ3v) is 2.47. The van der Waals surface area contributed by atoms with Crippen LogP contribution in [-0.4, -0.2) is 40.3 Å². The first kappa shape index (κ1) is 13.9. The molecule has 0 fully saturated rings. The molecule has 1 aromatic rings. The van der Waals surface area contributed by atoms with Crippen LogP contribution in [0.1, 0.15) is 19.8 Å². The number of rotatable bonds is 7. The summed E-state index contributed by atoms with van der Waals surface area (Å²) in [4.78, 5) is 12.0. The Morgan fingerprint density at radius 2 is 2.00 bits per heavy atom. The van der Waals surface area contributed by atoms with Gasteiger partial charge in [0.2, 0.25) is 17.2 Å². The lowest BCUT2D eigenvalue weighted by atomic mass is 10.1. The van der Waals surface area contributed by atoms with Crippen molar-refractivity contribution in [1.82, 2.24) is 15.0 Å². The zero-order chi connectivity index (χ0) is 12.7. The molecule has 17 heavy (non-hydrogen) atoms. The van der Waals surface area contributed by atoms with Gasteiger partial charge in [-0.25, -0.2) is 0 Å². The first-order chi connectivity index (χ1) is 8.15. The van der Waals surface area contributed by atoms with Gasteiger partial charge in [-0.2, -0.15) is 15.0 Å². The Labute approximate surface area is 106 Å². The van der Waals surface area contributed by atoms with Gasteiger partial charge in [0.15, 0.2) is 0 Å². The maximum absolute atomic E-state index is 8.88. The zero-order valence-electron chi connectivity index (χ0n) is 10.1. The second-order valence-corrected chi connectivity index (χ2v) is 4.20. The summed E-state index contributed by atoms with van der Waals surface area (Å²) in [6, 6.07) is 0. The van der Waals surface area contributed by atoms with Crippen molar-refractivity contribution in [3.63, 3.8) is 0 Å². The Kier molecular flexibility index (Phi) is 5.93. The van der Waals surface area contributed by atoms with Gasteiger partial charge in [-0.15, -0.1) is 0 Å². The van der Waals surface area contributed by atoms with E-state index in [1.807, 2.05) is 6.92 Å². The molecule has 0 radical (unpaired) electrons. The van der Waals surface area contributed by atoms with Crippen molar-refractivity contribution in [1.29, 1.82) is 0 Å². The van der Waals surface area contributed by atoms with Crippen LogP contribution in [0.4, 0.5) is 11.9 Å². The molecule has 7 heteroatoms. The van der Waals surface area contributed by atoms with E-state index in [9.17, 15) is 0 Å². The van der Waals surface area contributed by atoms with Crippen molar-refractivity contribution in [3.05, 3.63) is 5.28 Å². The second kappa shape index (κ2) is 7.24. The minimum atomic E-state index is 0.163. The third-order valence-electron chi connectivity index (χ3n) is 2.30. The van der Waals surface area contributed by atoms with Gasteiger partial charge in [-0.3, -0.25) is 0 Å². The Hall–Kier alpha value is -1.14. The molecular weight excluding hydrogens is 242 g/mol. The van der Waals surface area contributed by atoms with Crippen molar-refractivity contribution in [2.45, 2.75) is 19.8 Å². The monoisotopic (exact) mass is 259 g/mol. The quantitative estimate of drug-likeness (QED) is 0.642. The van der Waals surface area contributed by atoms with E-state index in [1.54, 1.807) is 7.05 Å². The van der Waals surface area contributed by atoms with Crippen molar-refractivity contribution in [2.24, 2.45) is 5.92 Å². The summed E-state index contributed by atoms with van der Waals surface area (Å²) in [5, 5.41) is 14.9. The normalized spacial score (nSPS) is 12.2. The molecule has 1 atom stereocenters. The molecule has 1 heterocycles. The fourth-order valence-corrected chi connectivity index (χ4v) is 1.44. The molecule has 0 saturated carbocycles. The van der Waals surface area contributed by atoms with E-state index in [4.69, 9.17) is 16.7 Å². The summed E-state index contributed by atoms with van der Waals surface area (Å²) in [6.45, 7) is 2.98. The van der Waals surface area contributed by atoms with Crippen LogP contribution < -0.4 is 10.6 Å². The van der Waals surface area contributed by atoms with Gasteiger partial charge in [0.05, 0.1) is 0 Å². The lowest BCUT2D eigenvalue weighted by Crippen LogP contribution is -2.10. The Morgan fingerprint density at radius 3 is 2.65 bits per heavy atom. The summed E-state index contributed by atoms with van der Waals surface area (Å²) in [6.07, 6.45) is 1.90. The van der Waals surface area contributed by atoms with Crippen LogP contribution >= 0.6 is 11.6 Å². The van der Waals surface area contributed by atoms with Crippen LogP contribution in [0.3, 0.4) is 0 Å². The molecule has 0 aliphatic heterocycles. The predicted molar refractivity (Wildman–Crippen MR) is 68.4 cm³/mol. The summed E-state index contributed by atoms with van der Waals surface area (Å²) >= 11 is 5.74. The van der Waals surface area contributed by atoms with Crippen molar-refractivity contribution in [2.75, 3.05) is 30.8 Å². The molecule has 96 valence electrons. The molecule has 0 aliphatic rings. The molecular formula is C10H18ClN5O. The molecule has 0 aliphatic carbocycles. The summed E-state index contributed by atoms with van der Waals surface area (Å²) in [5.74, 6) is 1.23. The van der Waals surface area contributed by atoms with Gasteiger partial charge >= 0.3 is 0 Å². The Morgan fingerprint density at radius 1 is 1.29 bits per heavy atom. The van der Waals surface area contributed by atoms with Crippen LogP contribution in [-0.2, 0) is 0 Å². The van der Waals surface area contributed by atoms with Crippen LogP contribution in [0.5, 0.6) is 0 Å². The van der Waals surface area contributed by atoms with E-state index in [-0.39, 0.29) is 11.9 Å². The molecule has 6 nitrogen and oxygen atoms in total. The highest BCUT2D eigenvalue weighted by Crippen LogP contribution is 2.09. The van der Waals surface area contributed by atoms with Crippen LogP contribution in [0.2, 0.25) is 5.28 Å². The van der Waals surface area contributed by atoms with Crippen molar-refractivity contribution < 1.29 is 5.11 Å². The molecule has 0 spiro atoms. The molecule has 3 N–H and O–H groups in total. The number of hydrogen-bond donors (Lipinski definition) is 3. The average Bonchev–Trinajstić information content (AvgIpc) is 2.33. The lowest BCUT2D eigenvalue weighted by Gasteiger charge is -2.08. The van der Waals surface area contributed by atoms with E-state index in [0.717, 1.165) is 19.4 Å². The SMILES string of the molecule is CNc1nc(Cl)nc(NCCCC(C)CO)n1. The van der Waals surface area contributed by atoms with E-state index < -0.39 is 0 Å². The predicted octanol–water partition coefficient (Wildman–Crippen LogP) is 1.39. The summed E-state index contributed by atoms with van der Waals surface area (Å²) in [7, 11) is 1.72. The average molecular weight is 260 g/mol. The number of halogens is 1. The molecule has 0 saturated heterocycles. The maximum atomic E-state index is 8.88. The van der Waals surface area contributed by atoms with Gasteiger partial charge in [0, 0.05) is 20.2 Å². The molecule has 1 rings (SSSR count). The fourth-order valence-electron chi connectivity index (χ4n) is 1.28. The smallest absolute Gasteiger partial charge is 0.228 e. The first-order valence-corrected chi connectivity index (χ1v) is 5.97. The van der Waals surface area contributed by atoms with E-state index >= 15 is 0 Å². The number of aliphatic hydroxyl groups is 1. The summed E-state index contributed by atoms with van der Waals surface area (Å²) in [5.41, 5.74) is 0. The lowest BCUT2D eigenvalue weighted by molar-refractivity contribution is 0.229. The number of nitrogens with zero attached hydrogens (tertiary/aromatic N) is 3. The van der Waals surface area contributed by atoms with Gasteiger partial charge in [-0.05, 0) is 30.4 Å². The van der Waals surface area contributed by atoms with Gasteiger partial charge in [0.25, 0.3) is 0 Å². The highest BCUT2D eigenvalue weighted by Gasteiger charge is 2.03. The molecule has 1 unspecified atom stereocenters. The molecule has 0 amide bonds. The number of hydrogen-bond acceptors (Lipinski definition) is 6. The number of aromatic nitrogens is 3. The Bertz CT molecular complexity index is 349. The number of anilines is 2. The topological polar surface area (TPSA) is 83.0 Å². The minimum absolute atomic E-state index is 0.163. The standard InChI is InChI=1S/C10H18ClN5O/c1-7(6-17)4-3-5-13-10-15-8(11)14-9(12-2)16-10/h7,17H,3-6H2,1-2H3,(H2,12,13,14,15,16). The molecule has 0 aromatic carbocycles.